The summed E-state index contributed by atoms with van der Waals surface area (Å²) in [5, 5.41) is 9.64. The zero-order chi connectivity index (χ0) is 25.1. The van der Waals surface area contributed by atoms with E-state index in [1.165, 1.54) is 0 Å². The molecule has 3 N–H and O–H groups in total. The number of carbonyl (C=O) groups is 1. The van der Waals surface area contributed by atoms with Crippen LogP contribution in [0.2, 0.25) is 5.02 Å². The van der Waals surface area contributed by atoms with E-state index in [0.29, 0.717) is 29.5 Å². The number of aryl methyl sites for hydroxylation is 2. The Kier molecular flexibility index (Phi) is 6.64. The van der Waals surface area contributed by atoms with Crippen LogP contribution in [-0.4, -0.2) is 33.4 Å². The lowest BCUT2D eigenvalue weighted by molar-refractivity contribution is 0.0978. The smallest absolute Gasteiger partial charge is 0.258 e. The molecule has 0 aliphatic heterocycles. The number of aromatic nitrogens is 3. The van der Waals surface area contributed by atoms with Crippen molar-refractivity contribution in [1.82, 2.24) is 20.3 Å². The maximum absolute atomic E-state index is 13.3. The highest BCUT2D eigenvalue weighted by Crippen LogP contribution is 2.23. The maximum Gasteiger partial charge on any atom is 0.258 e. The first-order valence-corrected chi connectivity index (χ1v) is 12.0. The second-order valence-electron chi connectivity index (χ2n) is 8.56. The van der Waals surface area contributed by atoms with Crippen LogP contribution in [0.4, 0.5) is 5.95 Å². The molecule has 5 rings (SSSR count). The van der Waals surface area contributed by atoms with Crippen LogP contribution in [-0.2, 0) is 6.42 Å². The third-order valence-electron chi connectivity index (χ3n) is 5.86. The third kappa shape index (κ3) is 5.21. The van der Waals surface area contributed by atoms with Crippen LogP contribution in [0.15, 0.2) is 77.9 Å². The summed E-state index contributed by atoms with van der Waals surface area (Å²) < 4.78 is 0. The van der Waals surface area contributed by atoms with Gasteiger partial charge in [-0.1, -0.05) is 48.0 Å². The van der Waals surface area contributed by atoms with E-state index < -0.39 is 0 Å². The van der Waals surface area contributed by atoms with Crippen LogP contribution in [0.1, 0.15) is 27.3 Å². The highest BCUT2D eigenvalue weighted by atomic mass is 35.5. The van der Waals surface area contributed by atoms with Gasteiger partial charge >= 0.3 is 0 Å². The number of aliphatic imine (C=N–C) groups is 1. The number of guanidine groups is 1. The summed E-state index contributed by atoms with van der Waals surface area (Å²) in [6, 6.07) is 21.1. The van der Waals surface area contributed by atoms with Crippen molar-refractivity contribution in [3.63, 3.8) is 0 Å². The van der Waals surface area contributed by atoms with Gasteiger partial charge in [-0.3, -0.25) is 20.4 Å². The van der Waals surface area contributed by atoms with Crippen molar-refractivity contribution in [1.29, 1.82) is 0 Å². The molecule has 0 saturated carbocycles. The molecule has 0 aliphatic carbocycles. The number of hydrogen-bond acceptors (Lipinski definition) is 4. The molecular formula is C28H25ClN6O. The van der Waals surface area contributed by atoms with E-state index in [-0.39, 0.29) is 11.9 Å². The lowest BCUT2D eigenvalue weighted by Gasteiger charge is -2.13. The third-order valence-corrected chi connectivity index (χ3v) is 6.09. The van der Waals surface area contributed by atoms with E-state index in [1.807, 2.05) is 80.7 Å². The number of benzene rings is 3. The van der Waals surface area contributed by atoms with E-state index in [1.54, 1.807) is 6.07 Å². The number of carbonyl (C=O) groups excluding carboxylic acids is 1. The topological polar surface area (TPSA) is 95.1 Å². The first-order chi connectivity index (χ1) is 17.5. The summed E-state index contributed by atoms with van der Waals surface area (Å²) in [6.45, 7) is 4.23. The number of amides is 1. The summed E-state index contributed by atoms with van der Waals surface area (Å²) in [6.07, 6.45) is 2.62. The molecule has 0 unspecified atom stereocenters. The van der Waals surface area contributed by atoms with Gasteiger partial charge in [0.05, 0.1) is 0 Å². The van der Waals surface area contributed by atoms with Crippen LogP contribution < -0.4 is 10.6 Å². The highest BCUT2D eigenvalue weighted by Gasteiger charge is 2.14. The number of halogens is 1. The molecule has 180 valence electrons. The summed E-state index contributed by atoms with van der Waals surface area (Å²) in [5.41, 5.74) is 4.32. The van der Waals surface area contributed by atoms with Gasteiger partial charge in [-0.2, -0.15) is 0 Å². The quantitative estimate of drug-likeness (QED) is 0.211. The number of anilines is 1. The van der Waals surface area contributed by atoms with Crippen LogP contribution in [0.5, 0.6) is 0 Å². The van der Waals surface area contributed by atoms with Gasteiger partial charge < -0.3 is 4.98 Å². The molecule has 36 heavy (non-hydrogen) atoms. The second kappa shape index (κ2) is 10.2. The molecule has 1 amide bonds. The fourth-order valence-corrected chi connectivity index (χ4v) is 4.41. The number of nitrogens with one attached hydrogen (secondary N) is 3. The Labute approximate surface area is 213 Å². The molecular weight excluding hydrogens is 472 g/mol. The summed E-state index contributed by atoms with van der Waals surface area (Å²) in [4.78, 5) is 30.1. The zero-order valence-corrected chi connectivity index (χ0v) is 20.7. The normalized spacial score (nSPS) is 11.7. The minimum atomic E-state index is -0.263. The molecule has 0 saturated heterocycles. The number of H-pyrrole nitrogens is 1. The first kappa shape index (κ1) is 23.5. The average molecular weight is 497 g/mol. The van der Waals surface area contributed by atoms with Gasteiger partial charge in [0.1, 0.15) is 0 Å². The van der Waals surface area contributed by atoms with Crippen LogP contribution in [0, 0.1) is 13.8 Å². The summed E-state index contributed by atoms with van der Waals surface area (Å²) >= 11 is 6.19. The van der Waals surface area contributed by atoms with Gasteiger partial charge in [0.15, 0.2) is 0 Å². The monoisotopic (exact) mass is 496 g/mol. The molecule has 0 fully saturated rings. The van der Waals surface area contributed by atoms with E-state index >= 15 is 0 Å². The fourth-order valence-electron chi connectivity index (χ4n) is 4.24. The van der Waals surface area contributed by atoms with E-state index in [9.17, 15) is 4.79 Å². The van der Waals surface area contributed by atoms with Crippen LogP contribution >= 0.6 is 11.6 Å². The van der Waals surface area contributed by atoms with Crippen LogP contribution in [0.3, 0.4) is 0 Å². The number of rotatable bonds is 5. The molecule has 0 bridgehead atoms. The molecule has 7 nitrogen and oxygen atoms in total. The minimum Gasteiger partial charge on any atom is -0.361 e. The predicted molar refractivity (Wildman–Crippen MR) is 146 cm³/mol. The van der Waals surface area contributed by atoms with Crippen molar-refractivity contribution in [2.24, 2.45) is 4.99 Å². The van der Waals surface area contributed by atoms with Gasteiger partial charge in [-0.05, 0) is 66.9 Å². The van der Waals surface area contributed by atoms with Gasteiger partial charge in [0.2, 0.25) is 11.9 Å². The number of nitrogens with zero attached hydrogens (tertiary/aromatic N) is 3. The largest absolute Gasteiger partial charge is 0.361 e. The molecule has 5 aromatic rings. The van der Waals surface area contributed by atoms with Crippen molar-refractivity contribution in [3.05, 3.63) is 100 Å². The summed E-state index contributed by atoms with van der Waals surface area (Å²) in [7, 11) is 0. The zero-order valence-electron chi connectivity index (χ0n) is 20.0. The van der Waals surface area contributed by atoms with E-state index in [2.05, 4.69) is 30.6 Å². The van der Waals surface area contributed by atoms with Crippen molar-refractivity contribution < 1.29 is 4.79 Å². The highest BCUT2D eigenvalue weighted by molar-refractivity contribution is 6.31. The average Bonchev–Trinajstić information content (AvgIpc) is 3.25. The fraction of sp³-hybridized carbons (Fsp3) is 0.143. The number of fused-ring (bicyclic) bond motifs is 2. The van der Waals surface area contributed by atoms with E-state index in [0.717, 1.165) is 38.6 Å². The van der Waals surface area contributed by atoms with Gasteiger partial charge in [-0.15, -0.1) is 0 Å². The molecule has 8 heteroatoms. The predicted octanol–water partition coefficient (Wildman–Crippen LogP) is 5.82. The van der Waals surface area contributed by atoms with Crippen LogP contribution in [0.25, 0.3) is 21.7 Å². The number of aromatic amines is 1. The summed E-state index contributed by atoms with van der Waals surface area (Å²) in [5.74, 6) is 0.403. The SMILES string of the molecule is Cc1cc(C)nc(NC(=NCCc2c[nH]c3ccc(Cl)cc23)NC(=O)c2cccc3ccccc23)n1. The Balaban J connectivity index is 1.41. The molecule has 2 heterocycles. The Hall–Kier alpha value is -4.23. The lowest BCUT2D eigenvalue weighted by atomic mass is 10.0. The Morgan fingerprint density at radius 2 is 1.75 bits per heavy atom. The van der Waals surface area contributed by atoms with Crippen molar-refractivity contribution in [2.75, 3.05) is 11.9 Å². The molecule has 0 atom stereocenters. The Bertz CT molecular complexity index is 1580. The lowest BCUT2D eigenvalue weighted by Crippen LogP contribution is -2.37. The van der Waals surface area contributed by atoms with Gasteiger partial charge in [0.25, 0.3) is 5.91 Å². The molecule has 0 spiro atoms. The Morgan fingerprint density at radius 1 is 0.972 bits per heavy atom. The van der Waals surface area contributed by atoms with Gasteiger partial charge in [-0.25, -0.2) is 9.97 Å². The van der Waals surface area contributed by atoms with Gasteiger partial charge in [0, 0.05) is 45.6 Å². The van der Waals surface area contributed by atoms with Crippen molar-refractivity contribution >= 4 is 51.1 Å². The molecule has 3 aromatic carbocycles. The van der Waals surface area contributed by atoms with Crippen molar-refractivity contribution in [2.45, 2.75) is 20.3 Å². The first-order valence-electron chi connectivity index (χ1n) is 11.6. The molecule has 0 radical (unpaired) electrons. The van der Waals surface area contributed by atoms with Crippen molar-refractivity contribution in [3.8, 4) is 0 Å². The molecule has 2 aromatic heterocycles. The van der Waals surface area contributed by atoms with E-state index in [4.69, 9.17) is 11.6 Å². The second-order valence-corrected chi connectivity index (χ2v) is 9.00. The number of hydrogen-bond donors (Lipinski definition) is 3. The minimum absolute atomic E-state index is 0.263. The molecule has 0 aliphatic rings. The standard InChI is InChI=1S/C28H25ClN6O/c1-17-14-18(2)33-28(32-17)35-27(30-13-12-20-16-31-25-11-10-21(29)15-24(20)25)34-26(36)23-9-5-7-19-6-3-4-8-22(19)23/h3-11,14-16,31H,12-13H2,1-2H3,(H2,30,32,33,34,35,36). The Morgan fingerprint density at radius 3 is 2.58 bits per heavy atom. The maximum atomic E-state index is 13.3.